The normalized spacial score (nSPS) is 8.27. The van der Waals surface area contributed by atoms with Gasteiger partial charge in [0.2, 0.25) is 0 Å². The molecule has 8 N–H and O–H groups in total. The van der Waals surface area contributed by atoms with Crippen LogP contribution in [-0.4, -0.2) is 181 Å². The molecule has 0 aromatic heterocycles. The van der Waals surface area contributed by atoms with Gasteiger partial charge in [-0.3, -0.25) is 0 Å². The maximum absolute atomic E-state index is 9.63. The standard InChI is InChI=1S/4Ca.H4O7P2.2H2O.8H/c;;;;1-8(2,3)7-9(4,5)6;;;;;;;;;;/h;;;;(H2,1,2,3)(H2,4,5,6);2*1H2;;;;;;;;/q4*+2;;;;8*-1. The van der Waals surface area contributed by atoms with Crippen molar-refractivity contribution in [2.45, 2.75) is 0 Å². The Bertz CT molecular complexity index is 182. The maximum Gasteiger partial charge on any atom is 2.00 e. The molecule has 0 aromatic rings. The van der Waals surface area contributed by atoms with Crippen LogP contribution in [0.25, 0.3) is 0 Å². The van der Waals surface area contributed by atoms with E-state index in [-0.39, 0.29) is 173 Å². The van der Waals surface area contributed by atoms with E-state index in [2.05, 4.69) is 4.31 Å². The first kappa shape index (κ1) is 42.7. The Morgan fingerprint density at radius 3 is 0.867 bits per heavy atom. The number of phosphoric acid groups is 2. The first-order chi connectivity index (χ1) is 3.71. The largest absolute Gasteiger partial charge is 2.00 e. The average molecular weight is 382 g/mol. The molecule has 15 heteroatoms. The minimum absolute atomic E-state index is 0. The van der Waals surface area contributed by atoms with E-state index in [1.807, 2.05) is 0 Å². The summed E-state index contributed by atoms with van der Waals surface area (Å²) in [5.41, 5.74) is 0. The third-order valence-corrected chi connectivity index (χ3v) is 1.91. The van der Waals surface area contributed by atoms with Gasteiger partial charge in [0, 0.05) is 0 Å². The predicted molar refractivity (Wildman–Crippen MR) is 64.3 cm³/mol. The van der Waals surface area contributed by atoms with Gasteiger partial charge in [-0.25, -0.2) is 9.13 Å². The Balaban J connectivity index is -0.00000000352. The van der Waals surface area contributed by atoms with E-state index in [0.29, 0.717) is 0 Å². The summed E-state index contributed by atoms with van der Waals surface area (Å²) in [4.78, 5) is 31.0. The van der Waals surface area contributed by atoms with Crippen LogP contribution < -0.4 is 0 Å². The van der Waals surface area contributed by atoms with Crippen molar-refractivity contribution in [3.05, 3.63) is 0 Å². The van der Waals surface area contributed by atoms with Crippen molar-refractivity contribution >= 4 is 167 Å². The van der Waals surface area contributed by atoms with Crippen molar-refractivity contribution in [2.75, 3.05) is 0 Å². The topological polar surface area (TPSA) is 187 Å². The zero-order valence-corrected chi connectivity index (χ0v) is 18.4. The molecule has 0 saturated carbocycles. The van der Waals surface area contributed by atoms with E-state index < -0.39 is 15.6 Å². The van der Waals surface area contributed by atoms with Gasteiger partial charge in [0.1, 0.15) is 0 Å². The van der Waals surface area contributed by atoms with Gasteiger partial charge >= 0.3 is 167 Å². The van der Waals surface area contributed by atoms with Gasteiger partial charge in [-0.2, -0.15) is 4.31 Å². The van der Waals surface area contributed by atoms with Crippen LogP contribution in [0.15, 0.2) is 0 Å². The molecule has 0 atom stereocenters. The molecule has 0 spiro atoms. The summed E-state index contributed by atoms with van der Waals surface area (Å²) < 4.78 is 22.2. The first-order valence-corrected chi connectivity index (χ1v) is 4.59. The second-order valence-electron chi connectivity index (χ2n) is 1.06. The molecule has 0 aliphatic heterocycles. The van der Waals surface area contributed by atoms with E-state index in [4.69, 9.17) is 19.6 Å². The minimum Gasteiger partial charge on any atom is -1.00 e. The Morgan fingerprint density at radius 2 is 0.867 bits per heavy atom. The van der Waals surface area contributed by atoms with Gasteiger partial charge in [-0.05, 0) is 0 Å². The summed E-state index contributed by atoms with van der Waals surface area (Å²) in [5.74, 6) is 0. The second kappa shape index (κ2) is 19.2. The van der Waals surface area contributed by atoms with Gasteiger partial charge in [0.05, 0.1) is 0 Å². The van der Waals surface area contributed by atoms with Gasteiger partial charge in [-0.1, -0.05) is 0 Å². The molecule has 0 radical (unpaired) electrons. The van der Waals surface area contributed by atoms with Crippen molar-refractivity contribution in [1.82, 2.24) is 0 Å². The summed E-state index contributed by atoms with van der Waals surface area (Å²) >= 11 is 0. The molecular weight excluding hydrogens is 366 g/mol. The summed E-state index contributed by atoms with van der Waals surface area (Å²) in [6, 6.07) is 0. The summed E-state index contributed by atoms with van der Waals surface area (Å²) in [5, 5.41) is 0. The van der Waals surface area contributed by atoms with Gasteiger partial charge in [0.25, 0.3) is 0 Å². The minimum atomic E-state index is -5.05. The van der Waals surface area contributed by atoms with Crippen molar-refractivity contribution < 1.29 is 55.4 Å². The SMILES string of the molecule is O.O.O=P(O)(O)OP(=O)(O)O.[Ca+2].[Ca+2].[Ca+2].[Ca+2].[H-].[H-].[H-].[H-].[H-].[H-].[H-].[H-]. The maximum atomic E-state index is 9.63. The van der Waals surface area contributed by atoms with Gasteiger partial charge in [0.15, 0.2) is 0 Å². The van der Waals surface area contributed by atoms with Crippen LogP contribution in [0.4, 0.5) is 0 Å². The predicted octanol–water partition coefficient (Wildman–Crippen LogP) is -3.08. The van der Waals surface area contributed by atoms with Crippen LogP contribution in [-0.2, 0) is 13.4 Å². The second-order valence-corrected chi connectivity index (χ2v) is 3.68. The molecule has 0 bridgehead atoms. The quantitative estimate of drug-likeness (QED) is 0.288. The van der Waals surface area contributed by atoms with Gasteiger partial charge < -0.3 is 41.9 Å². The molecular formula is H16Ca4O9P2. The third kappa shape index (κ3) is 45.3. The summed E-state index contributed by atoms with van der Waals surface area (Å²) in [7, 11) is -10.1. The monoisotopic (exact) mass is 382 g/mol. The molecule has 0 aliphatic carbocycles. The van der Waals surface area contributed by atoms with E-state index in [1.165, 1.54) is 0 Å². The van der Waals surface area contributed by atoms with Crippen molar-refractivity contribution in [3.8, 4) is 0 Å². The zero-order valence-electron chi connectivity index (χ0n) is 15.7. The number of hydrogen-bond acceptors (Lipinski definition) is 3. The Morgan fingerprint density at radius 1 is 0.733 bits per heavy atom. The van der Waals surface area contributed by atoms with E-state index >= 15 is 0 Å². The molecule has 0 amide bonds. The van der Waals surface area contributed by atoms with E-state index in [0.717, 1.165) is 0 Å². The fraction of sp³-hybridized carbons (Fsp3) is 0. The molecule has 0 heterocycles. The average Bonchev–Trinajstić information content (AvgIpc) is 1.14. The Kier molecular flexibility index (Phi) is 54.8. The fourth-order valence-electron chi connectivity index (χ4n) is 0.139. The number of hydrogen-bond donors (Lipinski definition) is 4. The van der Waals surface area contributed by atoms with Crippen LogP contribution in [0, 0.1) is 0 Å². The van der Waals surface area contributed by atoms with Crippen LogP contribution in [0.3, 0.4) is 0 Å². The summed E-state index contributed by atoms with van der Waals surface area (Å²) in [6.07, 6.45) is 0. The molecule has 0 aliphatic rings. The van der Waals surface area contributed by atoms with Crippen molar-refractivity contribution in [2.24, 2.45) is 0 Å². The molecule has 88 valence electrons. The first-order valence-electron chi connectivity index (χ1n) is 1.53. The third-order valence-electron chi connectivity index (χ3n) is 0.213. The fourth-order valence-corrected chi connectivity index (χ4v) is 1.25. The zero-order chi connectivity index (χ0) is 7.71. The molecule has 9 nitrogen and oxygen atoms in total. The van der Waals surface area contributed by atoms with Crippen molar-refractivity contribution in [1.29, 1.82) is 0 Å². The smallest absolute Gasteiger partial charge is 1.00 e. The summed E-state index contributed by atoms with van der Waals surface area (Å²) in [6.45, 7) is 0. The Hall–Kier alpha value is 5.22. The van der Waals surface area contributed by atoms with Crippen LogP contribution >= 0.6 is 15.6 Å². The van der Waals surface area contributed by atoms with E-state index in [9.17, 15) is 9.13 Å². The van der Waals surface area contributed by atoms with Gasteiger partial charge in [-0.15, -0.1) is 0 Å². The molecule has 0 aromatic carbocycles. The van der Waals surface area contributed by atoms with Crippen LogP contribution in [0.5, 0.6) is 0 Å². The molecule has 15 heavy (non-hydrogen) atoms. The van der Waals surface area contributed by atoms with Crippen molar-refractivity contribution in [3.63, 3.8) is 0 Å². The molecule has 0 rings (SSSR count). The Labute approximate surface area is 217 Å². The van der Waals surface area contributed by atoms with E-state index in [1.54, 1.807) is 0 Å². The van der Waals surface area contributed by atoms with Crippen LogP contribution in [0.2, 0.25) is 0 Å². The molecule has 0 fully saturated rings. The molecule has 0 unspecified atom stereocenters. The van der Waals surface area contributed by atoms with Crippen LogP contribution in [0.1, 0.15) is 11.4 Å². The number of rotatable bonds is 2. The molecule has 0 saturated heterocycles.